The van der Waals surface area contributed by atoms with E-state index in [9.17, 15) is 13.2 Å². The van der Waals surface area contributed by atoms with E-state index in [-0.39, 0.29) is 16.4 Å². The number of thioether (sulfide) groups is 1. The molecule has 0 amide bonds. The van der Waals surface area contributed by atoms with E-state index in [1.807, 2.05) is 42.7 Å². The maximum atomic E-state index is 13.0. The quantitative estimate of drug-likeness (QED) is 0.432. The summed E-state index contributed by atoms with van der Waals surface area (Å²) in [7, 11) is -3.75. The molecule has 9 heteroatoms. The van der Waals surface area contributed by atoms with Crippen molar-refractivity contribution < 1.29 is 22.7 Å². The van der Waals surface area contributed by atoms with Crippen molar-refractivity contribution in [2.45, 2.75) is 30.1 Å². The number of nitrogens with two attached hydrogens (primary N) is 1. The zero-order valence-electron chi connectivity index (χ0n) is 17.8. The molecule has 2 heterocycles. The van der Waals surface area contributed by atoms with Gasteiger partial charge >= 0.3 is 0 Å². The lowest BCUT2D eigenvalue weighted by atomic mass is 10.2. The summed E-state index contributed by atoms with van der Waals surface area (Å²) >= 11 is 1.45. The van der Waals surface area contributed by atoms with Crippen LogP contribution >= 0.6 is 11.8 Å². The molecule has 7 nitrogen and oxygen atoms in total. The molecule has 168 valence electrons. The van der Waals surface area contributed by atoms with E-state index in [1.54, 1.807) is 12.1 Å². The van der Waals surface area contributed by atoms with Gasteiger partial charge in [-0.2, -0.15) is 0 Å². The molecule has 2 N–H and O–H groups in total. The first kappa shape index (κ1) is 22.4. The Kier molecular flexibility index (Phi) is 6.32. The van der Waals surface area contributed by atoms with Gasteiger partial charge in [0.15, 0.2) is 17.3 Å². The maximum absolute atomic E-state index is 13.0. The molecule has 0 bridgehead atoms. The Morgan fingerprint density at radius 1 is 1.03 bits per heavy atom. The van der Waals surface area contributed by atoms with Gasteiger partial charge in [-0.05, 0) is 62.4 Å². The number of aryl methyl sites for hydroxylation is 1. The molecule has 32 heavy (non-hydrogen) atoms. The number of rotatable bonds is 6. The van der Waals surface area contributed by atoms with Gasteiger partial charge in [-0.3, -0.25) is 4.79 Å². The highest BCUT2D eigenvalue weighted by Crippen LogP contribution is 2.34. The fourth-order valence-electron chi connectivity index (χ4n) is 3.69. The van der Waals surface area contributed by atoms with Crippen LogP contribution in [0.5, 0.6) is 11.5 Å². The minimum Gasteiger partial charge on any atom is -0.490 e. The molecule has 0 aliphatic carbocycles. The molecular weight excluding hydrogens is 448 g/mol. The number of fused-ring (bicyclic) bond motifs is 1. The highest BCUT2D eigenvalue weighted by molar-refractivity contribution is 8.00. The maximum Gasteiger partial charge on any atom is 0.238 e. The van der Waals surface area contributed by atoms with Crippen LogP contribution in [-0.4, -0.2) is 37.7 Å². The Labute approximate surface area is 191 Å². The number of Topliss-reactive ketones (excluding diaryl/α,β-unsaturated/α-hetero) is 1. The van der Waals surface area contributed by atoms with Gasteiger partial charge in [0, 0.05) is 34.0 Å². The molecule has 0 radical (unpaired) electrons. The lowest BCUT2D eigenvalue weighted by Gasteiger charge is -2.11. The van der Waals surface area contributed by atoms with Gasteiger partial charge in [-0.15, -0.1) is 11.8 Å². The van der Waals surface area contributed by atoms with Gasteiger partial charge in [0.25, 0.3) is 0 Å². The van der Waals surface area contributed by atoms with Crippen LogP contribution in [0.2, 0.25) is 0 Å². The number of aromatic nitrogens is 1. The van der Waals surface area contributed by atoms with Crippen molar-refractivity contribution in [2.24, 2.45) is 5.14 Å². The summed E-state index contributed by atoms with van der Waals surface area (Å²) < 4.78 is 36.3. The number of hydrogen-bond acceptors (Lipinski definition) is 6. The Bertz CT molecular complexity index is 1260. The van der Waals surface area contributed by atoms with Crippen molar-refractivity contribution in [1.82, 2.24) is 4.57 Å². The molecule has 1 aromatic heterocycles. The fraction of sp³-hybridized carbons (Fsp3) is 0.261. The third-order valence-electron chi connectivity index (χ3n) is 5.24. The SMILES string of the molecule is Cc1cc(C(=O)CSc2ccc3c(c2)OCCCO3)c(C)n1-c1ccc(S(N)(=O)=O)cc1. The zero-order chi connectivity index (χ0) is 22.9. The first-order valence-electron chi connectivity index (χ1n) is 10.1. The van der Waals surface area contributed by atoms with Crippen LogP contribution in [0, 0.1) is 13.8 Å². The number of carbonyl (C=O) groups excluding carboxylic acids is 1. The van der Waals surface area contributed by atoms with E-state index in [0.717, 1.165) is 34.1 Å². The molecule has 0 saturated carbocycles. The summed E-state index contributed by atoms with van der Waals surface area (Å²) in [5.41, 5.74) is 3.09. The van der Waals surface area contributed by atoms with E-state index >= 15 is 0 Å². The number of ketones is 1. The topological polar surface area (TPSA) is 101 Å². The van der Waals surface area contributed by atoms with Crippen LogP contribution < -0.4 is 14.6 Å². The molecule has 0 unspecified atom stereocenters. The highest BCUT2D eigenvalue weighted by atomic mass is 32.2. The molecule has 2 aromatic carbocycles. The summed E-state index contributed by atoms with van der Waals surface area (Å²) in [5, 5.41) is 5.18. The number of benzene rings is 2. The number of primary sulfonamides is 1. The average molecular weight is 473 g/mol. The largest absolute Gasteiger partial charge is 0.490 e. The first-order valence-corrected chi connectivity index (χ1v) is 12.6. The van der Waals surface area contributed by atoms with Gasteiger partial charge in [-0.25, -0.2) is 13.6 Å². The lowest BCUT2D eigenvalue weighted by Crippen LogP contribution is -2.12. The summed E-state index contributed by atoms with van der Waals surface area (Å²) in [6.07, 6.45) is 0.843. The fourth-order valence-corrected chi connectivity index (χ4v) is 5.01. The molecule has 4 rings (SSSR count). The monoisotopic (exact) mass is 472 g/mol. The van der Waals surface area contributed by atoms with E-state index < -0.39 is 10.0 Å². The van der Waals surface area contributed by atoms with E-state index in [0.29, 0.717) is 24.5 Å². The molecular formula is C23H24N2O5S2. The Balaban J connectivity index is 1.51. The molecule has 1 aliphatic heterocycles. The molecule has 3 aromatic rings. The second kappa shape index (κ2) is 9.01. The molecule has 0 saturated heterocycles. The Hall–Kier alpha value is -2.75. The number of nitrogens with zero attached hydrogens (tertiary/aromatic N) is 1. The van der Waals surface area contributed by atoms with E-state index in [2.05, 4.69) is 0 Å². The smallest absolute Gasteiger partial charge is 0.238 e. The van der Waals surface area contributed by atoms with Crippen molar-refractivity contribution in [3.05, 3.63) is 65.5 Å². The van der Waals surface area contributed by atoms with Crippen molar-refractivity contribution >= 4 is 27.6 Å². The third-order valence-corrected chi connectivity index (χ3v) is 7.17. The standard InChI is InChI=1S/C23H24N2O5S2/c1-15-12-20(16(2)25(15)17-4-7-19(8-5-17)32(24,27)28)21(26)14-31-18-6-9-22-23(13-18)30-11-3-10-29-22/h4-9,12-13H,3,10-11,14H2,1-2H3,(H2,24,27,28). The number of sulfonamides is 1. The van der Waals surface area contributed by atoms with Crippen LogP contribution in [0.15, 0.2) is 58.3 Å². The lowest BCUT2D eigenvalue weighted by molar-refractivity contribution is 0.102. The van der Waals surface area contributed by atoms with Crippen LogP contribution in [0.1, 0.15) is 28.2 Å². The number of carbonyl (C=O) groups is 1. The summed E-state index contributed by atoms with van der Waals surface area (Å²) in [6.45, 7) is 5.04. The molecule has 0 atom stereocenters. The van der Waals surface area contributed by atoms with Gasteiger partial charge in [0.2, 0.25) is 10.0 Å². The molecule has 0 spiro atoms. The van der Waals surface area contributed by atoms with Crippen LogP contribution in [0.3, 0.4) is 0 Å². The van der Waals surface area contributed by atoms with Gasteiger partial charge in [-0.1, -0.05) is 0 Å². The molecule has 1 aliphatic rings. The second-order valence-electron chi connectivity index (χ2n) is 7.53. The normalized spacial score (nSPS) is 13.6. The van der Waals surface area contributed by atoms with Crippen molar-refractivity contribution in [1.29, 1.82) is 0 Å². The second-order valence-corrected chi connectivity index (χ2v) is 10.1. The number of hydrogen-bond donors (Lipinski definition) is 1. The average Bonchev–Trinajstić information content (AvgIpc) is 2.91. The van der Waals surface area contributed by atoms with Crippen molar-refractivity contribution in [2.75, 3.05) is 19.0 Å². The van der Waals surface area contributed by atoms with Gasteiger partial charge < -0.3 is 14.0 Å². The third kappa shape index (κ3) is 4.69. The summed E-state index contributed by atoms with van der Waals surface area (Å²) in [6, 6.07) is 13.9. The van der Waals surface area contributed by atoms with Crippen LogP contribution in [0.25, 0.3) is 5.69 Å². The Morgan fingerprint density at radius 2 is 1.72 bits per heavy atom. The van der Waals surface area contributed by atoms with Gasteiger partial charge in [0.05, 0.1) is 23.9 Å². The van der Waals surface area contributed by atoms with Crippen LogP contribution in [-0.2, 0) is 10.0 Å². The predicted octanol–water partition coefficient (Wildman–Crippen LogP) is 3.88. The minimum absolute atomic E-state index is 0.0163. The van der Waals surface area contributed by atoms with Crippen molar-refractivity contribution in [3.63, 3.8) is 0 Å². The predicted molar refractivity (Wildman–Crippen MR) is 124 cm³/mol. The minimum atomic E-state index is -3.75. The van der Waals surface area contributed by atoms with E-state index in [4.69, 9.17) is 14.6 Å². The van der Waals surface area contributed by atoms with Crippen LogP contribution in [0.4, 0.5) is 0 Å². The Morgan fingerprint density at radius 3 is 2.41 bits per heavy atom. The van der Waals surface area contributed by atoms with Gasteiger partial charge in [0.1, 0.15) is 0 Å². The first-order chi connectivity index (χ1) is 15.2. The molecule has 0 fully saturated rings. The van der Waals surface area contributed by atoms with Crippen molar-refractivity contribution in [3.8, 4) is 17.2 Å². The zero-order valence-corrected chi connectivity index (χ0v) is 19.5. The number of ether oxygens (including phenoxy) is 2. The summed E-state index contributed by atoms with van der Waals surface area (Å²) in [5.74, 6) is 1.74. The van der Waals surface area contributed by atoms with E-state index in [1.165, 1.54) is 23.9 Å². The summed E-state index contributed by atoms with van der Waals surface area (Å²) in [4.78, 5) is 14.0. The highest BCUT2D eigenvalue weighted by Gasteiger charge is 2.18.